The number of alkyl halides is 1. The van der Waals surface area contributed by atoms with Crippen LogP contribution >= 0.6 is 11.6 Å². The lowest BCUT2D eigenvalue weighted by Crippen LogP contribution is -2.43. The Hall–Kier alpha value is -1.22. The van der Waals surface area contributed by atoms with Crippen LogP contribution in [0.1, 0.15) is 30.6 Å². The Morgan fingerprint density at radius 2 is 1.94 bits per heavy atom. The van der Waals surface area contributed by atoms with Crippen molar-refractivity contribution in [2.75, 3.05) is 13.0 Å². The maximum atomic E-state index is 11.9. The SMILES string of the molecule is COc1ccc(C(=O)NC(C)(C)CCCl)cc1. The summed E-state index contributed by atoms with van der Waals surface area (Å²) in [5.74, 6) is 1.17. The van der Waals surface area contributed by atoms with Crippen molar-refractivity contribution in [1.82, 2.24) is 5.32 Å². The lowest BCUT2D eigenvalue weighted by atomic mass is 10.0. The fraction of sp³-hybridized carbons (Fsp3) is 0.462. The van der Waals surface area contributed by atoms with Gasteiger partial charge in [-0.15, -0.1) is 11.6 Å². The molecule has 0 spiro atoms. The fourth-order valence-electron chi connectivity index (χ4n) is 1.42. The molecule has 0 aliphatic rings. The minimum absolute atomic E-state index is 0.0947. The van der Waals surface area contributed by atoms with Gasteiger partial charge in [-0.25, -0.2) is 0 Å². The molecule has 0 aliphatic carbocycles. The van der Waals surface area contributed by atoms with Crippen molar-refractivity contribution >= 4 is 17.5 Å². The maximum Gasteiger partial charge on any atom is 0.251 e. The summed E-state index contributed by atoms with van der Waals surface area (Å²) in [6, 6.07) is 7.02. The van der Waals surface area contributed by atoms with Gasteiger partial charge >= 0.3 is 0 Å². The quantitative estimate of drug-likeness (QED) is 0.822. The van der Waals surface area contributed by atoms with Crippen molar-refractivity contribution in [3.63, 3.8) is 0 Å². The van der Waals surface area contributed by atoms with Gasteiger partial charge in [0.1, 0.15) is 5.75 Å². The Bertz CT molecular complexity index is 374. The number of carbonyl (C=O) groups is 1. The van der Waals surface area contributed by atoms with E-state index in [9.17, 15) is 4.79 Å². The van der Waals surface area contributed by atoms with Gasteiger partial charge in [0.05, 0.1) is 7.11 Å². The number of hydrogen-bond acceptors (Lipinski definition) is 2. The van der Waals surface area contributed by atoms with Crippen molar-refractivity contribution in [2.24, 2.45) is 0 Å². The number of methoxy groups -OCH3 is 1. The molecule has 0 unspecified atom stereocenters. The highest BCUT2D eigenvalue weighted by Gasteiger charge is 2.20. The van der Waals surface area contributed by atoms with Gasteiger partial charge in [0.15, 0.2) is 0 Å². The number of carbonyl (C=O) groups excluding carboxylic acids is 1. The molecule has 0 bridgehead atoms. The lowest BCUT2D eigenvalue weighted by molar-refractivity contribution is 0.0911. The smallest absolute Gasteiger partial charge is 0.251 e. The summed E-state index contributed by atoms with van der Waals surface area (Å²) in [5.41, 5.74) is 0.326. The standard InChI is InChI=1S/C13H18ClNO2/c1-13(2,8-9-14)15-12(16)10-4-6-11(17-3)7-5-10/h4-7H,8-9H2,1-3H3,(H,15,16). The van der Waals surface area contributed by atoms with E-state index in [1.807, 2.05) is 13.8 Å². The van der Waals surface area contributed by atoms with Gasteiger partial charge in [-0.2, -0.15) is 0 Å². The van der Waals surface area contributed by atoms with E-state index in [1.165, 1.54) is 0 Å². The minimum atomic E-state index is -0.293. The summed E-state index contributed by atoms with van der Waals surface area (Å²) < 4.78 is 5.04. The normalized spacial score (nSPS) is 11.1. The average molecular weight is 256 g/mol. The minimum Gasteiger partial charge on any atom is -0.497 e. The van der Waals surface area contributed by atoms with E-state index in [0.717, 1.165) is 12.2 Å². The third-order valence-corrected chi connectivity index (χ3v) is 2.71. The van der Waals surface area contributed by atoms with Crippen LogP contribution in [0.4, 0.5) is 0 Å². The summed E-state index contributed by atoms with van der Waals surface area (Å²) in [4.78, 5) is 11.9. The highest BCUT2D eigenvalue weighted by molar-refractivity contribution is 6.17. The molecule has 1 amide bonds. The number of rotatable bonds is 5. The van der Waals surface area contributed by atoms with Crippen molar-refractivity contribution in [2.45, 2.75) is 25.8 Å². The second-order valence-electron chi connectivity index (χ2n) is 4.51. The second-order valence-corrected chi connectivity index (χ2v) is 4.88. The zero-order valence-electron chi connectivity index (χ0n) is 10.4. The molecule has 1 aromatic rings. The van der Waals surface area contributed by atoms with Crippen LogP contribution in [-0.2, 0) is 0 Å². The van der Waals surface area contributed by atoms with Gasteiger partial charge in [-0.1, -0.05) is 0 Å². The van der Waals surface area contributed by atoms with Crippen LogP contribution in [0.5, 0.6) is 5.75 Å². The van der Waals surface area contributed by atoms with Crippen LogP contribution in [0.2, 0.25) is 0 Å². The number of ether oxygens (including phenoxy) is 1. The van der Waals surface area contributed by atoms with Crippen LogP contribution in [0, 0.1) is 0 Å². The summed E-state index contributed by atoms with van der Waals surface area (Å²) in [6.07, 6.45) is 0.733. The monoisotopic (exact) mass is 255 g/mol. The first kappa shape index (κ1) is 13.8. The molecule has 0 aromatic heterocycles. The third kappa shape index (κ3) is 4.27. The summed E-state index contributed by atoms with van der Waals surface area (Å²) in [7, 11) is 1.60. The van der Waals surface area contributed by atoms with Crippen LogP contribution in [0.25, 0.3) is 0 Å². The molecule has 0 heterocycles. The van der Waals surface area contributed by atoms with Crippen LogP contribution in [-0.4, -0.2) is 24.4 Å². The molecular formula is C13H18ClNO2. The van der Waals surface area contributed by atoms with Gasteiger partial charge in [-0.3, -0.25) is 4.79 Å². The van der Waals surface area contributed by atoms with Crippen molar-refractivity contribution in [3.8, 4) is 5.75 Å². The predicted octanol–water partition coefficient (Wildman–Crippen LogP) is 2.83. The molecule has 0 radical (unpaired) electrons. The van der Waals surface area contributed by atoms with Crippen molar-refractivity contribution in [3.05, 3.63) is 29.8 Å². The number of benzene rings is 1. The number of hydrogen-bond donors (Lipinski definition) is 1. The molecule has 3 nitrogen and oxygen atoms in total. The molecule has 1 N–H and O–H groups in total. The molecule has 94 valence electrons. The van der Waals surface area contributed by atoms with Gasteiger partial charge in [-0.05, 0) is 44.5 Å². The van der Waals surface area contributed by atoms with E-state index in [1.54, 1.807) is 31.4 Å². The molecular weight excluding hydrogens is 238 g/mol. The summed E-state index contributed by atoms with van der Waals surface area (Å²) in [6.45, 7) is 3.91. The van der Waals surface area contributed by atoms with Crippen LogP contribution < -0.4 is 10.1 Å². The number of amides is 1. The van der Waals surface area contributed by atoms with E-state index in [0.29, 0.717) is 11.4 Å². The average Bonchev–Trinajstić information content (AvgIpc) is 2.28. The zero-order valence-corrected chi connectivity index (χ0v) is 11.2. The Morgan fingerprint density at radius 3 is 2.41 bits per heavy atom. The molecule has 0 saturated heterocycles. The number of halogens is 1. The lowest BCUT2D eigenvalue weighted by Gasteiger charge is -2.25. The van der Waals surface area contributed by atoms with Crippen molar-refractivity contribution in [1.29, 1.82) is 0 Å². The van der Waals surface area contributed by atoms with Gasteiger partial charge < -0.3 is 10.1 Å². The molecule has 0 atom stereocenters. The van der Waals surface area contributed by atoms with E-state index in [2.05, 4.69) is 5.32 Å². The topological polar surface area (TPSA) is 38.3 Å². The molecule has 1 rings (SSSR count). The van der Waals surface area contributed by atoms with Crippen LogP contribution in [0.3, 0.4) is 0 Å². The van der Waals surface area contributed by atoms with E-state index in [-0.39, 0.29) is 11.4 Å². The Kier molecular flexibility index (Phi) is 4.82. The number of nitrogens with one attached hydrogen (secondary N) is 1. The van der Waals surface area contributed by atoms with Crippen LogP contribution in [0.15, 0.2) is 24.3 Å². The Morgan fingerprint density at radius 1 is 1.35 bits per heavy atom. The summed E-state index contributed by atoms with van der Waals surface area (Å²) >= 11 is 5.69. The highest BCUT2D eigenvalue weighted by Crippen LogP contribution is 2.14. The van der Waals surface area contributed by atoms with E-state index in [4.69, 9.17) is 16.3 Å². The largest absolute Gasteiger partial charge is 0.497 e. The Balaban J connectivity index is 2.69. The second kappa shape index (κ2) is 5.92. The first-order chi connectivity index (χ1) is 7.98. The highest BCUT2D eigenvalue weighted by atomic mass is 35.5. The Labute approximate surface area is 107 Å². The molecule has 4 heteroatoms. The molecule has 1 aromatic carbocycles. The van der Waals surface area contributed by atoms with E-state index < -0.39 is 0 Å². The van der Waals surface area contributed by atoms with Gasteiger partial charge in [0, 0.05) is 17.0 Å². The molecule has 17 heavy (non-hydrogen) atoms. The van der Waals surface area contributed by atoms with E-state index >= 15 is 0 Å². The fourth-order valence-corrected chi connectivity index (χ4v) is 1.89. The third-order valence-electron chi connectivity index (χ3n) is 2.52. The maximum absolute atomic E-state index is 11.9. The summed E-state index contributed by atoms with van der Waals surface area (Å²) in [5, 5.41) is 2.95. The predicted molar refractivity (Wildman–Crippen MR) is 69.9 cm³/mol. The molecule has 0 aliphatic heterocycles. The first-order valence-corrected chi connectivity index (χ1v) is 6.04. The van der Waals surface area contributed by atoms with Crippen molar-refractivity contribution < 1.29 is 9.53 Å². The first-order valence-electron chi connectivity index (χ1n) is 5.51. The zero-order chi connectivity index (χ0) is 12.9. The molecule has 0 fully saturated rings. The molecule has 0 saturated carbocycles. The van der Waals surface area contributed by atoms with Gasteiger partial charge in [0.2, 0.25) is 0 Å². The van der Waals surface area contributed by atoms with Gasteiger partial charge in [0.25, 0.3) is 5.91 Å².